The van der Waals surface area contributed by atoms with Crippen molar-refractivity contribution in [3.63, 3.8) is 0 Å². The van der Waals surface area contributed by atoms with Gasteiger partial charge in [0.25, 0.3) is 0 Å². The zero-order valence-corrected chi connectivity index (χ0v) is 11.9. The first-order valence-electron chi connectivity index (χ1n) is 5.98. The van der Waals surface area contributed by atoms with Gasteiger partial charge in [-0.3, -0.25) is 4.79 Å². The first-order chi connectivity index (χ1) is 8.24. The Labute approximate surface area is 116 Å². The zero-order chi connectivity index (χ0) is 12.1. The third kappa shape index (κ3) is 4.27. The molecule has 4 heteroatoms. The van der Waals surface area contributed by atoms with Crippen LogP contribution in [-0.2, 0) is 11.2 Å². The van der Waals surface area contributed by atoms with E-state index in [-0.39, 0.29) is 5.91 Å². The molecule has 0 bridgehead atoms. The first kappa shape index (κ1) is 12.8. The van der Waals surface area contributed by atoms with Crippen LogP contribution in [-0.4, -0.2) is 25.0 Å². The van der Waals surface area contributed by atoms with Gasteiger partial charge in [0.05, 0.1) is 6.42 Å². The van der Waals surface area contributed by atoms with Crippen molar-refractivity contribution < 1.29 is 4.79 Å². The van der Waals surface area contributed by atoms with Crippen LogP contribution in [0.3, 0.4) is 0 Å². The molecule has 1 aliphatic heterocycles. The van der Waals surface area contributed by atoms with E-state index in [9.17, 15) is 4.79 Å². The minimum atomic E-state index is 0.126. The van der Waals surface area contributed by atoms with E-state index in [1.165, 1.54) is 3.57 Å². The lowest BCUT2D eigenvalue weighted by atomic mass is 10.1. The molecular formula is C13H17IN2O. The molecule has 1 fully saturated rings. The molecule has 1 aromatic rings. The summed E-state index contributed by atoms with van der Waals surface area (Å²) in [5.41, 5.74) is 1.08. The maximum Gasteiger partial charge on any atom is 0.224 e. The van der Waals surface area contributed by atoms with E-state index >= 15 is 0 Å². The smallest absolute Gasteiger partial charge is 0.224 e. The highest BCUT2D eigenvalue weighted by Crippen LogP contribution is 2.09. The van der Waals surface area contributed by atoms with Crippen molar-refractivity contribution in [1.29, 1.82) is 0 Å². The summed E-state index contributed by atoms with van der Waals surface area (Å²) in [6.45, 7) is 1.97. The second-order valence-corrected chi connectivity index (χ2v) is 5.66. The molecular weight excluding hydrogens is 327 g/mol. The summed E-state index contributed by atoms with van der Waals surface area (Å²) in [5, 5.41) is 6.38. The lowest BCUT2D eigenvalue weighted by Crippen LogP contribution is -2.46. The second kappa shape index (κ2) is 6.35. The van der Waals surface area contributed by atoms with Crippen molar-refractivity contribution >= 4 is 28.5 Å². The van der Waals surface area contributed by atoms with Gasteiger partial charge < -0.3 is 10.6 Å². The number of carbonyl (C=O) groups excluding carboxylic acids is 1. The third-order valence-electron chi connectivity index (χ3n) is 2.92. The Morgan fingerprint density at radius 2 is 2.41 bits per heavy atom. The Hall–Kier alpha value is -0.620. The molecule has 1 unspecified atom stereocenters. The van der Waals surface area contributed by atoms with Gasteiger partial charge in [-0.1, -0.05) is 12.1 Å². The summed E-state index contributed by atoms with van der Waals surface area (Å²) in [7, 11) is 0. The zero-order valence-electron chi connectivity index (χ0n) is 9.71. The number of nitrogens with one attached hydrogen (secondary N) is 2. The van der Waals surface area contributed by atoms with Crippen LogP contribution in [0.2, 0.25) is 0 Å². The van der Waals surface area contributed by atoms with Gasteiger partial charge >= 0.3 is 0 Å². The van der Waals surface area contributed by atoms with E-state index in [0.29, 0.717) is 12.5 Å². The maximum atomic E-state index is 11.9. The molecule has 2 N–H and O–H groups in total. The highest BCUT2D eigenvalue weighted by molar-refractivity contribution is 14.1. The molecule has 17 heavy (non-hydrogen) atoms. The lowest BCUT2D eigenvalue weighted by Gasteiger charge is -2.23. The van der Waals surface area contributed by atoms with Crippen LogP contribution in [0.5, 0.6) is 0 Å². The van der Waals surface area contributed by atoms with E-state index < -0.39 is 0 Å². The number of rotatable bonds is 3. The Bertz CT molecular complexity index is 389. The maximum absolute atomic E-state index is 11.9. The van der Waals surface area contributed by atoms with Gasteiger partial charge in [0.2, 0.25) is 5.91 Å². The van der Waals surface area contributed by atoms with Crippen molar-refractivity contribution in [1.82, 2.24) is 10.6 Å². The Morgan fingerprint density at radius 1 is 1.53 bits per heavy atom. The van der Waals surface area contributed by atoms with Crippen molar-refractivity contribution in [3.05, 3.63) is 33.4 Å². The van der Waals surface area contributed by atoms with Crippen LogP contribution in [0, 0.1) is 3.57 Å². The predicted octanol–water partition coefficient (Wildman–Crippen LogP) is 1.70. The number of amides is 1. The topological polar surface area (TPSA) is 41.1 Å². The molecule has 92 valence electrons. The van der Waals surface area contributed by atoms with Crippen molar-refractivity contribution in [2.75, 3.05) is 13.1 Å². The standard InChI is InChI=1S/C13H17IN2O/c14-11-4-1-3-10(7-11)8-13(17)16-12-5-2-6-15-9-12/h1,3-4,7,12,15H,2,5-6,8-9H2,(H,16,17). The number of hydrogen-bond acceptors (Lipinski definition) is 2. The molecule has 2 rings (SSSR count). The molecule has 0 spiro atoms. The minimum absolute atomic E-state index is 0.126. The van der Waals surface area contributed by atoms with Crippen LogP contribution in [0.25, 0.3) is 0 Å². The third-order valence-corrected chi connectivity index (χ3v) is 3.59. The van der Waals surface area contributed by atoms with Gasteiger partial charge in [0.1, 0.15) is 0 Å². The summed E-state index contributed by atoms with van der Waals surface area (Å²) < 4.78 is 1.17. The van der Waals surface area contributed by atoms with Gasteiger partial charge in [-0.05, 0) is 59.7 Å². The Balaban J connectivity index is 1.84. The summed E-state index contributed by atoms with van der Waals surface area (Å²) >= 11 is 2.27. The molecule has 1 atom stereocenters. The molecule has 1 aromatic carbocycles. The fourth-order valence-corrected chi connectivity index (χ4v) is 2.69. The Kier molecular flexibility index (Phi) is 4.79. The fourth-order valence-electron chi connectivity index (χ4n) is 2.09. The molecule has 0 radical (unpaired) electrons. The van der Waals surface area contributed by atoms with Gasteiger partial charge in [-0.2, -0.15) is 0 Å². The largest absolute Gasteiger partial charge is 0.352 e. The summed E-state index contributed by atoms with van der Waals surface area (Å²) in [6, 6.07) is 8.39. The highest BCUT2D eigenvalue weighted by atomic mass is 127. The number of halogens is 1. The highest BCUT2D eigenvalue weighted by Gasteiger charge is 2.15. The average Bonchev–Trinajstić information content (AvgIpc) is 2.30. The molecule has 1 saturated heterocycles. The van der Waals surface area contributed by atoms with Crippen LogP contribution in [0.15, 0.2) is 24.3 Å². The number of piperidine rings is 1. The van der Waals surface area contributed by atoms with E-state index in [0.717, 1.165) is 31.5 Å². The second-order valence-electron chi connectivity index (χ2n) is 4.42. The monoisotopic (exact) mass is 344 g/mol. The molecule has 1 amide bonds. The number of hydrogen-bond donors (Lipinski definition) is 2. The number of benzene rings is 1. The van der Waals surface area contributed by atoms with Gasteiger partial charge in [-0.25, -0.2) is 0 Å². The molecule has 0 aromatic heterocycles. The van der Waals surface area contributed by atoms with E-state index in [1.807, 2.05) is 18.2 Å². The van der Waals surface area contributed by atoms with E-state index in [2.05, 4.69) is 39.3 Å². The summed E-state index contributed by atoms with van der Waals surface area (Å²) in [6.07, 6.45) is 2.71. The van der Waals surface area contributed by atoms with Crippen LogP contribution >= 0.6 is 22.6 Å². The fraction of sp³-hybridized carbons (Fsp3) is 0.462. The van der Waals surface area contributed by atoms with Crippen molar-refractivity contribution in [2.45, 2.75) is 25.3 Å². The SMILES string of the molecule is O=C(Cc1cccc(I)c1)NC1CCCNC1. The molecule has 1 heterocycles. The molecule has 0 saturated carbocycles. The minimum Gasteiger partial charge on any atom is -0.352 e. The van der Waals surface area contributed by atoms with Gasteiger partial charge in [-0.15, -0.1) is 0 Å². The van der Waals surface area contributed by atoms with Crippen molar-refractivity contribution in [2.24, 2.45) is 0 Å². The quantitative estimate of drug-likeness (QED) is 0.820. The average molecular weight is 344 g/mol. The molecule has 1 aliphatic rings. The van der Waals surface area contributed by atoms with E-state index in [4.69, 9.17) is 0 Å². The summed E-state index contributed by atoms with van der Waals surface area (Å²) in [5.74, 6) is 0.126. The molecule has 3 nitrogen and oxygen atoms in total. The normalized spacial score (nSPS) is 19.9. The summed E-state index contributed by atoms with van der Waals surface area (Å²) in [4.78, 5) is 11.9. The van der Waals surface area contributed by atoms with Crippen LogP contribution in [0.4, 0.5) is 0 Å². The van der Waals surface area contributed by atoms with Gasteiger partial charge in [0, 0.05) is 16.2 Å². The Morgan fingerprint density at radius 3 is 3.12 bits per heavy atom. The van der Waals surface area contributed by atoms with Gasteiger partial charge in [0.15, 0.2) is 0 Å². The van der Waals surface area contributed by atoms with Crippen LogP contribution < -0.4 is 10.6 Å². The van der Waals surface area contributed by atoms with Crippen molar-refractivity contribution in [3.8, 4) is 0 Å². The first-order valence-corrected chi connectivity index (χ1v) is 7.06. The lowest BCUT2D eigenvalue weighted by molar-refractivity contribution is -0.121. The molecule has 0 aliphatic carbocycles. The van der Waals surface area contributed by atoms with Crippen LogP contribution in [0.1, 0.15) is 18.4 Å². The number of carbonyl (C=O) groups is 1. The van der Waals surface area contributed by atoms with E-state index in [1.54, 1.807) is 0 Å². The predicted molar refractivity (Wildman–Crippen MR) is 76.9 cm³/mol.